The van der Waals surface area contributed by atoms with E-state index in [4.69, 9.17) is 0 Å². The molecule has 30 heavy (non-hydrogen) atoms. The second-order valence-electron chi connectivity index (χ2n) is 10.7. The standard InChI is InChI=1S/C27H44O3/c1-3-27(18-19-27)15-11-7-4-8-12-21-20-23(28)25(30)22(24(21)29)13-9-5-6-10-14-26(2)16-17-26/h20,28-30H,3-19H2,1-2H3. The highest BCUT2D eigenvalue weighted by Crippen LogP contribution is 2.52. The number of aromatic hydroxyl groups is 3. The maximum Gasteiger partial charge on any atom is 0.164 e. The summed E-state index contributed by atoms with van der Waals surface area (Å²) in [6.07, 6.45) is 20.3. The van der Waals surface area contributed by atoms with Gasteiger partial charge in [-0.1, -0.05) is 58.8 Å². The molecule has 0 radical (unpaired) electrons. The van der Waals surface area contributed by atoms with Crippen molar-refractivity contribution in [3.63, 3.8) is 0 Å². The Morgan fingerprint density at radius 2 is 1.33 bits per heavy atom. The minimum atomic E-state index is -0.129. The third kappa shape index (κ3) is 6.56. The molecule has 0 amide bonds. The quantitative estimate of drug-likeness (QED) is 0.155. The number of aryl methyl sites for hydroxylation is 1. The van der Waals surface area contributed by atoms with Crippen LogP contribution >= 0.6 is 0 Å². The molecule has 0 bridgehead atoms. The fourth-order valence-corrected chi connectivity index (χ4v) is 4.99. The summed E-state index contributed by atoms with van der Waals surface area (Å²) in [5.74, 6) is -0.00664. The zero-order valence-electron chi connectivity index (χ0n) is 19.4. The second-order valence-corrected chi connectivity index (χ2v) is 10.7. The number of unbranched alkanes of at least 4 members (excludes halogenated alkanes) is 6. The molecular formula is C27H44O3. The van der Waals surface area contributed by atoms with Crippen LogP contribution in [-0.2, 0) is 12.8 Å². The molecule has 3 heteroatoms. The van der Waals surface area contributed by atoms with Crippen molar-refractivity contribution >= 4 is 0 Å². The van der Waals surface area contributed by atoms with Gasteiger partial charge in [-0.15, -0.1) is 0 Å². The molecule has 3 rings (SSSR count). The Morgan fingerprint density at radius 1 is 0.733 bits per heavy atom. The summed E-state index contributed by atoms with van der Waals surface area (Å²) >= 11 is 0. The fourth-order valence-electron chi connectivity index (χ4n) is 4.99. The van der Waals surface area contributed by atoms with Gasteiger partial charge in [-0.05, 0) is 86.7 Å². The highest BCUT2D eigenvalue weighted by molar-refractivity contribution is 5.56. The Morgan fingerprint density at radius 3 is 1.93 bits per heavy atom. The lowest BCUT2D eigenvalue weighted by Crippen LogP contribution is -1.98. The molecule has 3 nitrogen and oxygen atoms in total. The van der Waals surface area contributed by atoms with Gasteiger partial charge in [-0.3, -0.25) is 0 Å². The van der Waals surface area contributed by atoms with E-state index in [1.165, 1.54) is 70.6 Å². The van der Waals surface area contributed by atoms with E-state index in [0.29, 0.717) is 22.8 Å². The molecule has 0 aromatic heterocycles. The molecule has 0 atom stereocenters. The minimum absolute atomic E-state index is 0.0851. The highest BCUT2D eigenvalue weighted by Gasteiger charge is 2.39. The van der Waals surface area contributed by atoms with E-state index >= 15 is 0 Å². The predicted molar refractivity (Wildman–Crippen MR) is 124 cm³/mol. The Balaban J connectivity index is 1.38. The van der Waals surface area contributed by atoms with Gasteiger partial charge < -0.3 is 15.3 Å². The van der Waals surface area contributed by atoms with Gasteiger partial charge in [-0.2, -0.15) is 0 Å². The summed E-state index contributed by atoms with van der Waals surface area (Å²) in [6, 6.07) is 1.56. The first-order valence-electron chi connectivity index (χ1n) is 12.6. The van der Waals surface area contributed by atoms with Crippen molar-refractivity contribution in [3.05, 3.63) is 17.2 Å². The number of phenols is 3. The number of benzene rings is 1. The fraction of sp³-hybridized carbons (Fsp3) is 0.778. The molecule has 2 fully saturated rings. The molecule has 0 saturated heterocycles. The lowest BCUT2D eigenvalue weighted by atomic mass is 9.94. The largest absolute Gasteiger partial charge is 0.507 e. The summed E-state index contributed by atoms with van der Waals surface area (Å²) in [7, 11) is 0. The smallest absolute Gasteiger partial charge is 0.164 e. The molecule has 170 valence electrons. The predicted octanol–water partition coefficient (Wildman–Crippen LogP) is 7.78. The average Bonchev–Trinajstić information content (AvgIpc) is 3.65. The first kappa shape index (κ1) is 23.3. The third-order valence-electron chi connectivity index (χ3n) is 8.10. The van der Waals surface area contributed by atoms with Gasteiger partial charge in [0.2, 0.25) is 0 Å². The van der Waals surface area contributed by atoms with E-state index in [0.717, 1.165) is 37.7 Å². The molecule has 0 heterocycles. The van der Waals surface area contributed by atoms with E-state index < -0.39 is 0 Å². The zero-order valence-corrected chi connectivity index (χ0v) is 19.4. The van der Waals surface area contributed by atoms with Gasteiger partial charge >= 0.3 is 0 Å². The molecule has 0 aliphatic heterocycles. The second kappa shape index (κ2) is 10.3. The Kier molecular flexibility index (Phi) is 7.98. The van der Waals surface area contributed by atoms with Crippen molar-refractivity contribution in [2.24, 2.45) is 10.8 Å². The summed E-state index contributed by atoms with van der Waals surface area (Å²) < 4.78 is 0. The van der Waals surface area contributed by atoms with E-state index in [1.54, 1.807) is 6.07 Å². The van der Waals surface area contributed by atoms with Crippen LogP contribution in [-0.4, -0.2) is 15.3 Å². The van der Waals surface area contributed by atoms with E-state index in [-0.39, 0.29) is 17.2 Å². The van der Waals surface area contributed by atoms with Crippen molar-refractivity contribution in [2.75, 3.05) is 0 Å². The van der Waals surface area contributed by atoms with Crippen LogP contribution < -0.4 is 0 Å². The average molecular weight is 417 g/mol. The van der Waals surface area contributed by atoms with Crippen LogP contribution in [0.5, 0.6) is 17.2 Å². The molecule has 2 aliphatic carbocycles. The molecule has 2 aliphatic rings. The van der Waals surface area contributed by atoms with E-state index in [9.17, 15) is 15.3 Å². The zero-order chi connectivity index (χ0) is 21.6. The molecule has 2 saturated carbocycles. The number of phenolic OH excluding ortho intramolecular Hbond substituents is 3. The number of hydrogen-bond donors (Lipinski definition) is 3. The topological polar surface area (TPSA) is 60.7 Å². The Labute approximate surface area is 183 Å². The summed E-state index contributed by atoms with van der Waals surface area (Å²) in [5, 5.41) is 31.1. The Hall–Kier alpha value is -1.38. The molecule has 1 aromatic rings. The maximum atomic E-state index is 10.7. The first-order valence-corrected chi connectivity index (χ1v) is 12.6. The van der Waals surface area contributed by atoms with Gasteiger partial charge in [0.1, 0.15) is 5.75 Å². The van der Waals surface area contributed by atoms with Crippen LogP contribution in [0.15, 0.2) is 6.07 Å². The van der Waals surface area contributed by atoms with Crippen LogP contribution in [0, 0.1) is 10.8 Å². The summed E-state index contributed by atoms with van der Waals surface area (Å²) in [4.78, 5) is 0. The molecular weight excluding hydrogens is 372 g/mol. The van der Waals surface area contributed by atoms with Crippen molar-refractivity contribution in [1.29, 1.82) is 0 Å². The summed E-state index contributed by atoms with van der Waals surface area (Å²) in [5.41, 5.74) is 2.64. The van der Waals surface area contributed by atoms with Gasteiger partial charge in [-0.25, -0.2) is 0 Å². The van der Waals surface area contributed by atoms with Gasteiger partial charge in [0.25, 0.3) is 0 Å². The minimum Gasteiger partial charge on any atom is -0.507 e. The Bertz CT molecular complexity index is 686. The lowest BCUT2D eigenvalue weighted by Gasteiger charge is -2.14. The van der Waals surface area contributed by atoms with Crippen molar-refractivity contribution in [1.82, 2.24) is 0 Å². The van der Waals surface area contributed by atoms with Crippen molar-refractivity contribution in [2.45, 2.75) is 123 Å². The molecule has 3 N–H and O–H groups in total. The van der Waals surface area contributed by atoms with E-state index in [1.807, 2.05) is 0 Å². The lowest BCUT2D eigenvalue weighted by molar-refractivity contribution is 0.385. The van der Waals surface area contributed by atoms with Crippen LogP contribution in [0.25, 0.3) is 0 Å². The van der Waals surface area contributed by atoms with Crippen LogP contribution in [0.2, 0.25) is 0 Å². The number of rotatable bonds is 15. The van der Waals surface area contributed by atoms with Crippen molar-refractivity contribution < 1.29 is 15.3 Å². The summed E-state index contributed by atoms with van der Waals surface area (Å²) in [6.45, 7) is 4.70. The monoisotopic (exact) mass is 416 g/mol. The SMILES string of the molecule is CCC1(CCCCCCc2cc(O)c(O)c(CCCCCCC3(C)CC3)c2O)CC1. The van der Waals surface area contributed by atoms with Gasteiger partial charge in [0, 0.05) is 5.56 Å². The van der Waals surface area contributed by atoms with E-state index in [2.05, 4.69) is 13.8 Å². The maximum absolute atomic E-state index is 10.7. The normalized spacial score (nSPS) is 18.5. The first-order chi connectivity index (χ1) is 14.4. The molecule has 0 unspecified atom stereocenters. The van der Waals surface area contributed by atoms with Gasteiger partial charge in [0.15, 0.2) is 11.5 Å². The molecule has 0 spiro atoms. The highest BCUT2D eigenvalue weighted by atomic mass is 16.3. The number of hydrogen-bond acceptors (Lipinski definition) is 3. The van der Waals surface area contributed by atoms with Crippen LogP contribution in [0.3, 0.4) is 0 Å². The van der Waals surface area contributed by atoms with Crippen LogP contribution in [0.4, 0.5) is 0 Å². The third-order valence-corrected chi connectivity index (χ3v) is 8.10. The molecule has 1 aromatic carbocycles. The van der Waals surface area contributed by atoms with Crippen LogP contribution in [0.1, 0.15) is 121 Å². The van der Waals surface area contributed by atoms with Crippen molar-refractivity contribution in [3.8, 4) is 17.2 Å². The van der Waals surface area contributed by atoms with Gasteiger partial charge in [0.05, 0.1) is 0 Å².